The minimum absolute atomic E-state index is 0.313. The van der Waals surface area contributed by atoms with Gasteiger partial charge in [0.05, 0.1) is 6.21 Å². The second-order valence-electron chi connectivity index (χ2n) is 3.74. The summed E-state index contributed by atoms with van der Waals surface area (Å²) in [5.74, 6) is -0.313. The Bertz CT molecular complexity index is 567. The van der Waals surface area contributed by atoms with E-state index in [9.17, 15) is 9.18 Å². The number of hydrogen-bond donors (Lipinski definition) is 2. The first-order valence-electron chi connectivity index (χ1n) is 5.65. The Morgan fingerprint density at radius 3 is 2.42 bits per heavy atom. The third-order valence-electron chi connectivity index (χ3n) is 2.28. The molecule has 96 valence electrons. The minimum atomic E-state index is -0.440. The third-order valence-corrected chi connectivity index (χ3v) is 2.28. The molecule has 2 aromatic rings. The first-order valence-corrected chi connectivity index (χ1v) is 5.65. The molecule has 0 bridgehead atoms. The van der Waals surface area contributed by atoms with Crippen LogP contribution >= 0.6 is 0 Å². The van der Waals surface area contributed by atoms with Crippen LogP contribution < -0.4 is 10.7 Å². The van der Waals surface area contributed by atoms with Gasteiger partial charge in [0.15, 0.2) is 0 Å². The number of benzene rings is 2. The molecule has 0 aromatic heterocycles. The van der Waals surface area contributed by atoms with Crippen molar-refractivity contribution in [2.45, 2.75) is 0 Å². The van der Waals surface area contributed by atoms with Crippen LogP contribution in [0.4, 0.5) is 14.9 Å². The molecule has 0 radical (unpaired) electrons. The van der Waals surface area contributed by atoms with Crippen molar-refractivity contribution in [3.05, 3.63) is 66.0 Å². The number of carbonyl (C=O) groups excluding carboxylic acids is 1. The standard InChI is InChI=1S/C14H12FN3O/c15-12-8-6-11(7-9-12)10-16-18-14(19)17-13-4-2-1-3-5-13/h1-10H,(H2,17,18,19). The highest BCUT2D eigenvalue weighted by atomic mass is 19.1. The van der Waals surface area contributed by atoms with Crippen molar-refractivity contribution in [3.8, 4) is 0 Å². The summed E-state index contributed by atoms with van der Waals surface area (Å²) >= 11 is 0. The van der Waals surface area contributed by atoms with Crippen LogP contribution in [0, 0.1) is 5.82 Å². The molecule has 0 aliphatic carbocycles. The fourth-order valence-corrected chi connectivity index (χ4v) is 1.39. The number of anilines is 1. The van der Waals surface area contributed by atoms with Crippen LogP contribution in [-0.4, -0.2) is 12.2 Å². The second-order valence-corrected chi connectivity index (χ2v) is 3.74. The molecule has 0 spiro atoms. The van der Waals surface area contributed by atoms with Crippen LogP contribution in [0.3, 0.4) is 0 Å². The number of para-hydroxylation sites is 1. The molecule has 0 heterocycles. The Morgan fingerprint density at radius 1 is 1.05 bits per heavy atom. The van der Waals surface area contributed by atoms with Gasteiger partial charge in [0, 0.05) is 5.69 Å². The third kappa shape index (κ3) is 4.23. The molecular formula is C14H12FN3O. The topological polar surface area (TPSA) is 53.5 Å². The van der Waals surface area contributed by atoms with E-state index in [1.807, 2.05) is 18.2 Å². The highest BCUT2D eigenvalue weighted by Crippen LogP contribution is 2.04. The number of nitrogens with zero attached hydrogens (tertiary/aromatic N) is 1. The summed E-state index contributed by atoms with van der Waals surface area (Å²) < 4.78 is 12.7. The minimum Gasteiger partial charge on any atom is -0.307 e. The number of carbonyl (C=O) groups is 1. The maximum atomic E-state index is 12.7. The van der Waals surface area contributed by atoms with Crippen molar-refractivity contribution in [2.24, 2.45) is 5.10 Å². The Labute approximate surface area is 110 Å². The van der Waals surface area contributed by atoms with E-state index < -0.39 is 6.03 Å². The van der Waals surface area contributed by atoms with Crippen molar-refractivity contribution in [1.29, 1.82) is 0 Å². The lowest BCUT2D eigenvalue weighted by Gasteiger charge is -2.02. The summed E-state index contributed by atoms with van der Waals surface area (Å²) in [6.45, 7) is 0. The summed E-state index contributed by atoms with van der Waals surface area (Å²) in [6, 6.07) is 14.4. The van der Waals surface area contributed by atoms with Gasteiger partial charge in [-0.05, 0) is 29.8 Å². The number of urea groups is 1. The smallest absolute Gasteiger partial charge is 0.307 e. The van der Waals surface area contributed by atoms with Crippen LogP contribution in [0.1, 0.15) is 5.56 Å². The van der Waals surface area contributed by atoms with Gasteiger partial charge in [0.25, 0.3) is 0 Å². The van der Waals surface area contributed by atoms with Gasteiger partial charge < -0.3 is 5.32 Å². The molecule has 2 N–H and O–H groups in total. The molecule has 0 saturated carbocycles. The molecule has 0 atom stereocenters. The maximum absolute atomic E-state index is 12.7. The number of amides is 2. The summed E-state index contributed by atoms with van der Waals surface area (Å²) in [5.41, 5.74) is 3.69. The van der Waals surface area contributed by atoms with Gasteiger partial charge >= 0.3 is 6.03 Å². The number of nitrogens with one attached hydrogen (secondary N) is 2. The van der Waals surface area contributed by atoms with Gasteiger partial charge in [-0.1, -0.05) is 30.3 Å². The highest BCUT2D eigenvalue weighted by molar-refractivity contribution is 5.90. The monoisotopic (exact) mass is 257 g/mol. The lowest BCUT2D eigenvalue weighted by atomic mass is 10.2. The number of rotatable bonds is 3. The zero-order chi connectivity index (χ0) is 13.5. The van der Waals surface area contributed by atoms with Crippen LogP contribution in [0.15, 0.2) is 59.7 Å². The van der Waals surface area contributed by atoms with Gasteiger partial charge in [-0.2, -0.15) is 5.10 Å². The molecule has 2 rings (SSSR count). The van der Waals surface area contributed by atoms with Gasteiger partial charge in [-0.25, -0.2) is 14.6 Å². The van der Waals surface area contributed by atoms with E-state index in [2.05, 4.69) is 15.8 Å². The van der Waals surface area contributed by atoms with E-state index >= 15 is 0 Å². The molecule has 4 nitrogen and oxygen atoms in total. The predicted octanol–water partition coefficient (Wildman–Crippen LogP) is 2.98. The molecule has 19 heavy (non-hydrogen) atoms. The fraction of sp³-hybridized carbons (Fsp3) is 0. The molecule has 0 saturated heterocycles. The van der Waals surface area contributed by atoms with Crippen LogP contribution in [0.5, 0.6) is 0 Å². The van der Waals surface area contributed by atoms with Crippen molar-refractivity contribution >= 4 is 17.9 Å². The first-order chi connectivity index (χ1) is 9.24. The predicted molar refractivity (Wildman–Crippen MR) is 72.6 cm³/mol. The van der Waals surface area contributed by atoms with Crippen molar-refractivity contribution in [3.63, 3.8) is 0 Å². The number of hydrogen-bond acceptors (Lipinski definition) is 2. The normalized spacial score (nSPS) is 10.4. The van der Waals surface area contributed by atoms with Crippen LogP contribution in [0.2, 0.25) is 0 Å². The van der Waals surface area contributed by atoms with E-state index in [-0.39, 0.29) is 5.82 Å². The van der Waals surface area contributed by atoms with Crippen LogP contribution in [-0.2, 0) is 0 Å². The van der Waals surface area contributed by atoms with Crippen molar-refractivity contribution in [1.82, 2.24) is 5.43 Å². The quantitative estimate of drug-likeness (QED) is 0.644. The highest BCUT2D eigenvalue weighted by Gasteiger charge is 1.98. The van der Waals surface area contributed by atoms with Crippen molar-refractivity contribution in [2.75, 3.05) is 5.32 Å². The van der Waals surface area contributed by atoms with Crippen LogP contribution in [0.25, 0.3) is 0 Å². The zero-order valence-electron chi connectivity index (χ0n) is 10.0. The molecule has 0 aliphatic heterocycles. The first kappa shape index (κ1) is 12.8. The number of halogens is 1. The van der Waals surface area contributed by atoms with Gasteiger partial charge in [-0.15, -0.1) is 0 Å². The molecule has 2 aromatic carbocycles. The Morgan fingerprint density at radius 2 is 1.74 bits per heavy atom. The van der Waals surface area contributed by atoms with Crippen molar-refractivity contribution < 1.29 is 9.18 Å². The van der Waals surface area contributed by atoms with E-state index in [4.69, 9.17) is 0 Å². The van der Waals surface area contributed by atoms with E-state index in [0.29, 0.717) is 11.3 Å². The fourth-order valence-electron chi connectivity index (χ4n) is 1.39. The lowest BCUT2D eigenvalue weighted by Crippen LogP contribution is -2.24. The van der Waals surface area contributed by atoms with Gasteiger partial charge in [0.2, 0.25) is 0 Å². The lowest BCUT2D eigenvalue weighted by molar-refractivity contribution is 0.252. The average Bonchev–Trinajstić information content (AvgIpc) is 2.42. The second kappa shape index (κ2) is 6.30. The molecule has 0 unspecified atom stereocenters. The summed E-state index contributed by atoms with van der Waals surface area (Å²) in [6.07, 6.45) is 1.43. The molecule has 5 heteroatoms. The Hall–Kier alpha value is -2.69. The summed E-state index contributed by atoms with van der Waals surface area (Å²) in [5, 5.41) is 6.37. The van der Waals surface area contributed by atoms with Gasteiger partial charge in [-0.3, -0.25) is 0 Å². The molecule has 0 aliphatic rings. The Balaban J connectivity index is 1.85. The molecule has 0 fully saturated rings. The number of hydrazone groups is 1. The zero-order valence-corrected chi connectivity index (χ0v) is 10.0. The summed E-state index contributed by atoms with van der Waals surface area (Å²) in [4.78, 5) is 11.5. The largest absolute Gasteiger partial charge is 0.339 e. The van der Waals surface area contributed by atoms with Gasteiger partial charge in [0.1, 0.15) is 5.82 Å². The maximum Gasteiger partial charge on any atom is 0.339 e. The molecular weight excluding hydrogens is 245 g/mol. The Kier molecular flexibility index (Phi) is 4.23. The average molecular weight is 257 g/mol. The van der Waals surface area contributed by atoms with E-state index in [1.165, 1.54) is 18.3 Å². The summed E-state index contributed by atoms with van der Waals surface area (Å²) in [7, 11) is 0. The van der Waals surface area contributed by atoms with E-state index in [0.717, 1.165) is 0 Å². The van der Waals surface area contributed by atoms with E-state index in [1.54, 1.807) is 24.3 Å². The molecule has 2 amide bonds. The SMILES string of the molecule is O=C(NN=Cc1ccc(F)cc1)Nc1ccccc1.